The quantitative estimate of drug-likeness (QED) is 0.753. The van der Waals surface area contributed by atoms with Gasteiger partial charge in [-0.2, -0.15) is 11.8 Å². The summed E-state index contributed by atoms with van der Waals surface area (Å²) < 4.78 is 0. The van der Waals surface area contributed by atoms with Gasteiger partial charge in [0.2, 0.25) is 5.91 Å². The topological polar surface area (TPSA) is 32.3 Å². The summed E-state index contributed by atoms with van der Waals surface area (Å²) >= 11 is 1.94. The molecule has 0 aromatic rings. The highest BCUT2D eigenvalue weighted by Gasteiger charge is 2.44. The van der Waals surface area contributed by atoms with Gasteiger partial charge in [0.05, 0.1) is 6.04 Å². The third kappa shape index (κ3) is 2.60. The lowest BCUT2D eigenvalue weighted by atomic mass is 9.76. The van der Waals surface area contributed by atoms with Crippen molar-refractivity contribution in [3.05, 3.63) is 0 Å². The number of hydrogen-bond donors (Lipinski definition) is 1. The lowest BCUT2D eigenvalue weighted by Crippen LogP contribution is -2.66. The number of nitrogens with one attached hydrogen (secondary N) is 1. The van der Waals surface area contributed by atoms with Gasteiger partial charge < -0.3 is 10.2 Å². The zero-order valence-corrected chi connectivity index (χ0v) is 10.9. The first-order valence-corrected chi connectivity index (χ1v) is 6.37. The Labute approximate surface area is 102 Å². The maximum Gasteiger partial charge on any atom is 0.240 e. The molecule has 0 saturated carbocycles. The first-order valence-electron chi connectivity index (χ1n) is 5.21. The number of carbonyl (C=O) groups is 1. The molecule has 2 fully saturated rings. The normalized spacial score (nSPS) is 28.9. The number of rotatable bonds is 1. The van der Waals surface area contributed by atoms with Crippen LogP contribution in [0.1, 0.15) is 13.8 Å². The number of halogens is 1. The van der Waals surface area contributed by atoms with E-state index in [0.717, 1.165) is 31.1 Å². The Morgan fingerprint density at radius 2 is 2.00 bits per heavy atom. The SMILES string of the molecule is CC1(C)CNC1C(=O)N1CCSCC1.Cl. The second-order valence-electron chi connectivity index (χ2n) is 4.74. The van der Waals surface area contributed by atoms with Gasteiger partial charge in [0.25, 0.3) is 0 Å². The molecule has 1 amide bonds. The summed E-state index contributed by atoms with van der Waals surface area (Å²) in [5.41, 5.74) is 0.154. The molecule has 3 nitrogen and oxygen atoms in total. The van der Waals surface area contributed by atoms with E-state index in [1.165, 1.54) is 0 Å². The molecule has 0 bridgehead atoms. The standard InChI is InChI=1S/C10H18N2OS.ClH/c1-10(2)7-11-8(10)9(13)12-3-5-14-6-4-12;/h8,11H,3-7H2,1-2H3;1H. The average Bonchev–Trinajstić information content (AvgIpc) is 2.18. The number of nitrogens with zero attached hydrogens (tertiary/aromatic N) is 1. The second-order valence-corrected chi connectivity index (χ2v) is 5.96. The van der Waals surface area contributed by atoms with Crippen LogP contribution >= 0.6 is 24.2 Å². The van der Waals surface area contributed by atoms with E-state index in [4.69, 9.17) is 0 Å². The van der Waals surface area contributed by atoms with Gasteiger partial charge in [-0.3, -0.25) is 4.79 Å². The molecular weight excluding hydrogens is 232 g/mol. The molecule has 88 valence electrons. The highest BCUT2D eigenvalue weighted by molar-refractivity contribution is 7.99. The van der Waals surface area contributed by atoms with Gasteiger partial charge in [-0.15, -0.1) is 12.4 Å². The van der Waals surface area contributed by atoms with Crippen molar-refractivity contribution < 1.29 is 4.79 Å². The Hall–Kier alpha value is 0.0700. The van der Waals surface area contributed by atoms with Crippen molar-refractivity contribution in [3.63, 3.8) is 0 Å². The van der Waals surface area contributed by atoms with E-state index in [1.807, 2.05) is 16.7 Å². The maximum absolute atomic E-state index is 12.1. The predicted molar refractivity (Wildman–Crippen MR) is 66.7 cm³/mol. The molecule has 0 aliphatic carbocycles. The van der Waals surface area contributed by atoms with Crippen LogP contribution in [0.5, 0.6) is 0 Å². The van der Waals surface area contributed by atoms with Crippen LogP contribution in [0.15, 0.2) is 0 Å². The van der Waals surface area contributed by atoms with Gasteiger partial charge in [0.15, 0.2) is 0 Å². The Morgan fingerprint density at radius 1 is 1.40 bits per heavy atom. The molecule has 2 aliphatic rings. The van der Waals surface area contributed by atoms with Crippen molar-refractivity contribution in [1.29, 1.82) is 0 Å². The van der Waals surface area contributed by atoms with E-state index in [1.54, 1.807) is 0 Å². The summed E-state index contributed by atoms with van der Waals surface area (Å²) in [5, 5.41) is 3.23. The third-order valence-corrected chi connectivity index (χ3v) is 4.06. The molecule has 5 heteroatoms. The fraction of sp³-hybridized carbons (Fsp3) is 0.900. The molecular formula is C10H19ClN2OS. The fourth-order valence-electron chi connectivity index (χ4n) is 2.00. The van der Waals surface area contributed by atoms with Gasteiger partial charge in [-0.1, -0.05) is 13.8 Å². The van der Waals surface area contributed by atoms with Crippen LogP contribution in [0, 0.1) is 5.41 Å². The molecule has 2 rings (SSSR count). The lowest BCUT2D eigenvalue weighted by molar-refractivity contribution is -0.139. The predicted octanol–water partition coefficient (Wildman–Crippen LogP) is 0.982. The zero-order valence-electron chi connectivity index (χ0n) is 9.28. The Morgan fingerprint density at radius 3 is 2.40 bits per heavy atom. The van der Waals surface area contributed by atoms with E-state index < -0.39 is 0 Å². The maximum atomic E-state index is 12.1. The summed E-state index contributed by atoms with van der Waals surface area (Å²) in [4.78, 5) is 14.1. The molecule has 2 aliphatic heterocycles. The Bertz CT molecular complexity index is 242. The third-order valence-electron chi connectivity index (χ3n) is 3.11. The van der Waals surface area contributed by atoms with E-state index in [9.17, 15) is 4.79 Å². The zero-order chi connectivity index (χ0) is 10.2. The van der Waals surface area contributed by atoms with Gasteiger partial charge in [-0.25, -0.2) is 0 Å². The van der Waals surface area contributed by atoms with Crippen LogP contribution in [0.25, 0.3) is 0 Å². The van der Waals surface area contributed by atoms with Crippen molar-refractivity contribution in [3.8, 4) is 0 Å². The first kappa shape index (κ1) is 13.1. The minimum Gasteiger partial charge on any atom is -0.340 e. The second kappa shape index (κ2) is 4.93. The molecule has 0 aromatic heterocycles. The molecule has 15 heavy (non-hydrogen) atoms. The van der Waals surface area contributed by atoms with Gasteiger partial charge in [0, 0.05) is 36.6 Å². The van der Waals surface area contributed by atoms with Crippen LogP contribution in [0.4, 0.5) is 0 Å². The van der Waals surface area contributed by atoms with E-state index in [-0.39, 0.29) is 23.9 Å². The fourth-order valence-corrected chi connectivity index (χ4v) is 2.90. The molecule has 0 spiro atoms. The Balaban J connectivity index is 0.00000112. The van der Waals surface area contributed by atoms with E-state index in [0.29, 0.717) is 5.91 Å². The summed E-state index contributed by atoms with van der Waals surface area (Å²) in [5.74, 6) is 2.50. The molecule has 0 radical (unpaired) electrons. The molecule has 2 saturated heterocycles. The van der Waals surface area contributed by atoms with Crippen LogP contribution in [-0.4, -0.2) is 48.0 Å². The summed E-state index contributed by atoms with van der Waals surface area (Å²) in [6.45, 7) is 7.14. The minimum absolute atomic E-state index is 0. The van der Waals surface area contributed by atoms with E-state index >= 15 is 0 Å². The minimum atomic E-state index is 0. The van der Waals surface area contributed by atoms with E-state index in [2.05, 4.69) is 19.2 Å². The van der Waals surface area contributed by atoms with Crippen molar-refractivity contribution in [2.24, 2.45) is 5.41 Å². The van der Waals surface area contributed by atoms with Crippen LogP contribution in [0.3, 0.4) is 0 Å². The highest BCUT2D eigenvalue weighted by Crippen LogP contribution is 2.29. The first-order chi connectivity index (χ1) is 6.61. The van der Waals surface area contributed by atoms with Crippen molar-refractivity contribution in [2.75, 3.05) is 31.1 Å². The van der Waals surface area contributed by atoms with Gasteiger partial charge >= 0.3 is 0 Å². The van der Waals surface area contributed by atoms with Gasteiger partial charge in [0.1, 0.15) is 0 Å². The van der Waals surface area contributed by atoms with Gasteiger partial charge in [-0.05, 0) is 0 Å². The average molecular weight is 251 g/mol. The smallest absolute Gasteiger partial charge is 0.240 e. The number of amides is 1. The van der Waals surface area contributed by atoms with Crippen molar-refractivity contribution in [1.82, 2.24) is 10.2 Å². The summed E-state index contributed by atoms with van der Waals surface area (Å²) in [6, 6.07) is 0.0607. The molecule has 2 heterocycles. The lowest BCUT2D eigenvalue weighted by Gasteiger charge is -2.46. The monoisotopic (exact) mass is 250 g/mol. The number of thioether (sulfide) groups is 1. The number of carbonyl (C=O) groups excluding carboxylic acids is 1. The van der Waals surface area contributed by atoms with Crippen LogP contribution in [-0.2, 0) is 4.79 Å². The molecule has 0 aromatic carbocycles. The Kier molecular flexibility index (Phi) is 4.32. The largest absolute Gasteiger partial charge is 0.340 e. The van der Waals surface area contributed by atoms with Crippen molar-refractivity contribution in [2.45, 2.75) is 19.9 Å². The summed E-state index contributed by atoms with van der Waals surface area (Å²) in [6.07, 6.45) is 0. The summed E-state index contributed by atoms with van der Waals surface area (Å²) in [7, 11) is 0. The van der Waals surface area contributed by atoms with Crippen LogP contribution < -0.4 is 5.32 Å². The highest BCUT2D eigenvalue weighted by atomic mass is 35.5. The van der Waals surface area contributed by atoms with Crippen molar-refractivity contribution >= 4 is 30.1 Å². The number of hydrogen-bond acceptors (Lipinski definition) is 3. The molecule has 1 N–H and O–H groups in total. The molecule has 1 atom stereocenters. The van der Waals surface area contributed by atoms with Crippen LogP contribution in [0.2, 0.25) is 0 Å². The molecule has 1 unspecified atom stereocenters.